The van der Waals surface area contributed by atoms with Crippen LogP contribution in [0.15, 0.2) is 34.3 Å². The number of fused-ring (bicyclic) bond motifs is 1. The second kappa shape index (κ2) is 15.5. The van der Waals surface area contributed by atoms with Crippen LogP contribution in [0.3, 0.4) is 0 Å². The number of nitrogens with two attached hydrogens (primary N) is 2. The molecule has 0 saturated heterocycles. The summed E-state index contributed by atoms with van der Waals surface area (Å²) >= 11 is 0. The molecule has 1 aromatic carbocycles. The number of aryl methyl sites for hydroxylation is 2. The highest BCUT2D eigenvalue weighted by atomic mass is 16.4. The van der Waals surface area contributed by atoms with Crippen LogP contribution in [0.4, 0.5) is 0 Å². The van der Waals surface area contributed by atoms with Crippen molar-refractivity contribution in [3.63, 3.8) is 0 Å². The summed E-state index contributed by atoms with van der Waals surface area (Å²) < 4.78 is 5.74. The van der Waals surface area contributed by atoms with Gasteiger partial charge in [-0.25, -0.2) is 4.79 Å². The number of guanidine groups is 1. The number of aliphatic hydroxyl groups excluding tert-OH is 2. The maximum atomic E-state index is 13.0. The average Bonchev–Trinajstić information content (AvgIpc) is 3.58. The Morgan fingerprint density at radius 3 is 2.44 bits per heavy atom. The van der Waals surface area contributed by atoms with Gasteiger partial charge in [0.05, 0.1) is 6.10 Å². The van der Waals surface area contributed by atoms with Gasteiger partial charge in [-0.3, -0.25) is 19.8 Å². The number of unbranched alkanes of at least 4 members (excludes halogenated alkanes) is 1. The maximum Gasteiger partial charge on any atom is 0.329 e. The molecule has 0 spiro atoms. The van der Waals surface area contributed by atoms with E-state index in [9.17, 15) is 34.5 Å². The van der Waals surface area contributed by atoms with E-state index in [-0.39, 0.29) is 31.1 Å². The molecule has 3 amide bonds. The van der Waals surface area contributed by atoms with Gasteiger partial charge in [0.2, 0.25) is 17.7 Å². The lowest BCUT2D eigenvalue weighted by atomic mass is 10.0. The van der Waals surface area contributed by atoms with E-state index in [4.69, 9.17) is 21.3 Å². The molecule has 0 radical (unpaired) electrons. The number of nitrogens with one attached hydrogen (secondary N) is 4. The molecule has 15 heteroatoms. The first-order chi connectivity index (χ1) is 21.2. The minimum absolute atomic E-state index is 0.0597. The van der Waals surface area contributed by atoms with Crippen LogP contribution in [-0.2, 0) is 19.2 Å². The van der Waals surface area contributed by atoms with Gasteiger partial charge in [-0.15, -0.1) is 0 Å². The van der Waals surface area contributed by atoms with Gasteiger partial charge in [-0.1, -0.05) is 23.8 Å². The first-order valence-electron chi connectivity index (χ1n) is 14.7. The van der Waals surface area contributed by atoms with Gasteiger partial charge in [0.15, 0.2) is 12.0 Å². The van der Waals surface area contributed by atoms with Crippen LogP contribution < -0.4 is 27.4 Å². The lowest BCUT2D eigenvalue weighted by Gasteiger charge is -2.23. The third-order valence-electron chi connectivity index (χ3n) is 7.68. The molecule has 5 unspecified atom stereocenters. The topological polar surface area (TPSA) is 257 Å². The summed E-state index contributed by atoms with van der Waals surface area (Å²) in [5.74, 6) is -3.28. The molecule has 0 saturated carbocycles. The van der Waals surface area contributed by atoms with Crippen molar-refractivity contribution in [2.24, 2.45) is 11.5 Å². The summed E-state index contributed by atoms with van der Waals surface area (Å²) in [7, 11) is 0. The fourth-order valence-corrected chi connectivity index (χ4v) is 4.96. The van der Waals surface area contributed by atoms with Crippen molar-refractivity contribution in [2.45, 2.75) is 76.8 Å². The van der Waals surface area contributed by atoms with Crippen molar-refractivity contribution in [2.75, 3.05) is 19.6 Å². The van der Waals surface area contributed by atoms with E-state index in [1.54, 1.807) is 17.9 Å². The Hall–Kier alpha value is -4.47. The van der Waals surface area contributed by atoms with Crippen LogP contribution in [0.25, 0.3) is 11.0 Å². The molecule has 0 fully saturated rings. The molecule has 5 atom stereocenters. The number of aliphatic hydroxyl groups is 2. The number of nitrogens with zero attached hydrogens (tertiary/aromatic N) is 1. The van der Waals surface area contributed by atoms with Crippen LogP contribution in [0, 0.1) is 19.3 Å². The normalized spacial score (nSPS) is 16.3. The number of aliphatic carboxylic acids is 1. The van der Waals surface area contributed by atoms with Crippen molar-refractivity contribution in [1.82, 2.24) is 20.9 Å². The molecule has 2 aromatic rings. The van der Waals surface area contributed by atoms with E-state index < -0.39 is 54.0 Å². The summed E-state index contributed by atoms with van der Waals surface area (Å²) in [6.07, 6.45) is -0.214. The zero-order valence-corrected chi connectivity index (χ0v) is 25.6. The number of carboxylic acid groups (broad SMARTS) is 1. The minimum atomic E-state index is -1.64. The second-order valence-corrected chi connectivity index (χ2v) is 11.3. The summed E-state index contributed by atoms with van der Waals surface area (Å²) in [5.41, 5.74) is 14.1. The van der Waals surface area contributed by atoms with E-state index in [0.29, 0.717) is 37.1 Å². The van der Waals surface area contributed by atoms with Crippen LogP contribution in [0.1, 0.15) is 55.6 Å². The molecule has 246 valence electrons. The molecule has 3 rings (SSSR count). The zero-order chi connectivity index (χ0) is 33.4. The Balaban J connectivity index is 1.52. The molecule has 15 nitrogen and oxygen atoms in total. The van der Waals surface area contributed by atoms with Gasteiger partial charge >= 0.3 is 5.97 Å². The Kier molecular flexibility index (Phi) is 12.1. The maximum absolute atomic E-state index is 13.0. The number of benzene rings is 1. The van der Waals surface area contributed by atoms with Crippen LogP contribution in [0.5, 0.6) is 0 Å². The first kappa shape index (κ1) is 35.0. The molecule has 1 aromatic heterocycles. The number of amides is 3. The van der Waals surface area contributed by atoms with Crippen LogP contribution in [0.2, 0.25) is 0 Å². The minimum Gasteiger partial charge on any atom is -0.480 e. The molecule has 1 aliphatic heterocycles. The van der Waals surface area contributed by atoms with Gasteiger partial charge in [-0.2, -0.15) is 0 Å². The van der Waals surface area contributed by atoms with Crippen molar-refractivity contribution in [1.29, 1.82) is 5.41 Å². The van der Waals surface area contributed by atoms with Crippen molar-refractivity contribution >= 4 is 40.6 Å². The zero-order valence-electron chi connectivity index (χ0n) is 25.6. The van der Waals surface area contributed by atoms with Crippen molar-refractivity contribution in [3.8, 4) is 0 Å². The van der Waals surface area contributed by atoms with Gasteiger partial charge in [0, 0.05) is 37.0 Å². The van der Waals surface area contributed by atoms with E-state index in [0.717, 1.165) is 16.5 Å². The Bertz CT molecular complexity index is 1450. The Morgan fingerprint density at radius 2 is 1.82 bits per heavy atom. The van der Waals surface area contributed by atoms with Crippen molar-refractivity contribution in [3.05, 3.63) is 46.7 Å². The van der Waals surface area contributed by atoms with E-state index in [1.807, 2.05) is 25.1 Å². The molecular weight excluding hydrogens is 586 g/mol. The van der Waals surface area contributed by atoms with Gasteiger partial charge in [0.25, 0.3) is 0 Å². The Labute approximate surface area is 260 Å². The standard InChI is InChI=1S/C30H43N7O8/c1-15-7-8-19-16(2)26(45-21(19)12-15)25(40)24(29(43)44)36-22(39)6-4-5-10-34-27(41)20(35-28(42)23(31)17(3)38)13-18-9-11-37(14-18)30(32)33/h7-9,12,17,20,23-25,38,40H,4-6,10-11,13-14,31H2,1-3H3,(H3,32,33)(H,34,41)(H,35,42)(H,36,39)(H,43,44). The summed E-state index contributed by atoms with van der Waals surface area (Å²) in [5, 5.41) is 46.2. The predicted molar refractivity (Wildman–Crippen MR) is 165 cm³/mol. The predicted octanol–water partition coefficient (Wildman–Crippen LogP) is -0.343. The van der Waals surface area contributed by atoms with E-state index >= 15 is 0 Å². The molecule has 0 aliphatic carbocycles. The third kappa shape index (κ3) is 9.26. The fraction of sp³-hybridized carbons (Fsp3) is 0.500. The van der Waals surface area contributed by atoms with E-state index in [2.05, 4.69) is 16.0 Å². The molecule has 45 heavy (non-hydrogen) atoms. The first-order valence-corrected chi connectivity index (χ1v) is 14.7. The molecule has 2 heterocycles. The second-order valence-electron chi connectivity index (χ2n) is 11.3. The average molecular weight is 630 g/mol. The summed E-state index contributed by atoms with van der Waals surface area (Å²) in [6.45, 7) is 5.83. The number of hydrogen-bond donors (Lipinski definition) is 9. The molecule has 0 bridgehead atoms. The lowest BCUT2D eigenvalue weighted by Crippen LogP contribution is -2.54. The SMILES string of the molecule is Cc1ccc2c(C)c(C(O)C(NC(=O)CCCCNC(=O)C(CC3=CCN(C(=N)N)C3)NC(=O)C(N)C(C)O)C(=O)O)oc2c1. The molecule has 11 N–H and O–H groups in total. The highest BCUT2D eigenvalue weighted by Crippen LogP contribution is 2.31. The highest BCUT2D eigenvalue weighted by molar-refractivity contribution is 5.90. The third-order valence-corrected chi connectivity index (χ3v) is 7.68. The van der Waals surface area contributed by atoms with Crippen LogP contribution >= 0.6 is 0 Å². The quantitative estimate of drug-likeness (QED) is 0.0533. The van der Waals surface area contributed by atoms with Gasteiger partial charge in [0.1, 0.15) is 29.5 Å². The van der Waals surface area contributed by atoms with Gasteiger partial charge in [-0.05, 0) is 51.7 Å². The summed E-state index contributed by atoms with van der Waals surface area (Å²) in [6, 6.07) is 1.59. The van der Waals surface area contributed by atoms with E-state index in [1.165, 1.54) is 6.92 Å². The fourth-order valence-electron chi connectivity index (χ4n) is 4.96. The number of carboxylic acids is 1. The van der Waals surface area contributed by atoms with Crippen molar-refractivity contribution < 1.29 is 38.9 Å². The number of rotatable bonds is 15. The summed E-state index contributed by atoms with van der Waals surface area (Å²) in [4.78, 5) is 51.6. The largest absolute Gasteiger partial charge is 0.480 e. The number of carbonyl (C=O) groups is 4. The number of carbonyl (C=O) groups excluding carboxylic acids is 3. The smallest absolute Gasteiger partial charge is 0.329 e. The molecule has 1 aliphatic rings. The molecular formula is C30H43N7O8. The number of furan rings is 1. The number of hydrogen-bond acceptors (Lipinski definition) is 9. The van der Waals surface area contributed by atoms with Crippen LogP contribution in [-0.4, -0.2) is 93.7 Å². The Morgan fingerprint density at radius 1 is 1.11 bits per heavy atom. The monoisotopic (exact) mass is 629 g/mol. The van der Waals surface area contributed by atoms with Gasteiger partial charge < -0.3 is 52.1 Å². The lowest BCUT2D eigenvalue weighted by molar-refractivity contribution is -0.145. The highest BCUT2D eigenvalue weighted by Gasteiger charge is 2.33.